The fraction of sp³-hybridized carbons (Fsp3) is 0.333. The van der Waals surface area contributed by atoms with E-state index < -0.39 is 6.17 Å². The molecule has 2 heteroatoms. The van der Waals surface area contributed by atoms with E-state index in [0.29, 0.717) is 0 Å². The van der Waals surface area contributed by atoms with E-state index in [9.17, 15) is 4.39 Å². The lowest BCUT2D eigenvalue weighted by atomic mass is 10.1. The Balaban J connectivity index is 2.91. The molecule has 0 spiro atoms. The largest absolute Gasteiger partial charge is 0.388 e. The van der Waals surface area contributed by atoms with Crippen molar-refractivity contribution >= 4 is 5.69 Å². The standard InChI is InChI=1S/C9H12FN/c1-7(10)8-4-3-5-9(6-8)11-2/h3-7,11H,1-2H3. The number of alkyl halides is 1. The zero-order valence-electron chi connectivity index (χ0n) is 6.76. The Labute approximate surface area is 66.2 Å². The van der Waals surface area contributed by atoms with E-state index in [0.717, 1.165) is 11.3 Å². The van der Waals surface area contributed by atoms with Crippen molar-refractivity contribution in [3.63, 3.8) is 0 Å². The molecule has 0 heterocycles. The minimum atomic E-state index is -0.886. The fourth-order valence-corrected chi connectivity index (χ4v) is 0.942. The van der Waals surface area contributed by atoms with Gasteiger partial charge in [0.1, 0.15) is 6.17 Å². The second-order valence-electron chi connectivity index (χ2n) is 2.49. The molecule has 1 atom stereocenters. The van der Waals surface area contributed by atoms with Gasteiger partial charge >= 0.3 is 0 Å². The molecule has 0 aliphatic carbocycles. The van der Waals surface area contributed by atoms with Crippen molar-refractivity contribution in [2.45, 2.75) is 13.1 Å². The highest BCUT2D eigenvalue weighted by molar-refractivity contribution is 5.45. The number of rotatable bonds is 2. The highest BCUT2D eigenvalue weighted by Gasteiger charge is 2.01. The molecule has 0 aromatic heterocycles. The van der Waals surface area contributed by atoms with Gasteiger partial charge in [-0.3, -0.25) is 0 Å². The molecule has 0 fully saturated rings. The van der Waals surface area contributed by atoms with E-state index >= 15 is 0 Å². The molecular weight excluding hydrogens is 141 g/mol. The molecule has 1 aromatic carbocycles. The average molecular weight is 153 g/mol. The van der Waals surface area contributed by atoms with Gasteiger partial charge in [-0.1, -0.05) is 12.1 Å². The molecule has 60 valence electrons. The predicted octanol–water partition coefficient (Wildman–Crippen LogP) is 2.76. The molecule has 0 amide bonds. The first-order valence-corrected chi connectivity index (χ1v) is 3.66. The van der Waals surface area contributed by atoms with Gasteiger partial charge in [0.15, 0.2) is 0 Å². The van der Waals surface area contributed by atoms with Gasteiger partial charge in [0, 0.05) is 12.7 Å². The van der Waals surface area contributed by atoms with Crippen molar-refractivity contribution in [1.29, 1.82) is 0 Å². The second kappa shape index (κ2) is 3.37. The number of hydrogen-bond acceptors (Lipinski definition) is 1. The van der Waals surface area contributed by atoms with Crippen LogP contribution < -0.4 is 5.32 Å². The molecular formula is C9H12FN. The Morgan fingerprint density at radius 2 is 2.18 bits per heavy atom. The maximum atomic E-state index is 12.7. The van der Waals surface area contributed by atoms with Gasteiger partial charge in [-0.2, -0.15) is 0 Å². The van der Waals surface area contributed by atoms with Gasteiger partial charge in [0.25, 0.3) is 0 Å². The van der Waals surface area contributed by atoms with Crippen LogP contribution in [0.2, 0.25) is 0 Å². The first kappa shape index (κ1) is 8.05. The summed E-state index contributed by atoms with van der Waals surface area (Å²) in [6, 6.07) is 7.35. The third-order valence-corrected chi connectivity index (χ3v) is 1.63. The smallest absolute Gasteiger partial charge is 0.122 e. The highest BCUT2D eigenvalue weighted by Crippen LogP contribution is 2.19. The Hall–Kier alpha value is -1.05. The molecule has 0 aliphatic rings. The van der Waals surface area contributed by atoms with Crippen molar-refractivity contribution in [2.24, 2.45) is 0 Å². The van der Waals surface area contributed by atoms with E-state index in [1.165, 1.54) is 6.92 Å². The number of benzene rings is 1. The van der Waals surface area contributed by atoms with Crippen LogP contribution in [0.1, 0.15) is 18.7 Å². The van der Waals surface area contributed by atoms with Gasteiger partial charge < -0.3 is 5.32 Å². The predicted molar refractivity (Wildman–Crippen MR) is 45.5 cm³/mol. The third kappa shape index (κ3) is 1.93. The molecule has 0 aliphatic heterocycles. The quantitative estimate of drug-likeness (QED) is 0.688. The zero-order valence-corrected chi connectivity index (χ0v) is 6.76. The summed E-state index contributed by atoms with van der Waals surface area (Å²) >= 11 is 0. The lowest BCUT2D eigenvalue weighted by molar-refractivity contribution is 0.374. The molecule has 0 bridgehead atoms. The van der Waals surface area contributed by atoms with Crippen molar-refractivity contribution in [2.75, 3.05) is 12.4 Å². The van der Waals surface area contributed by atoms with Gasteiger partial charge in [0.2, 0.25) is 0 Å². The Kier molecular flexibility index (Phi) is 2.47. The molecule has 1 unspecified atom stereocenters. The molecule has 0 radical (unpaired) electrons. The SMILES string of the molecule is CNc1cccc(C(C)F)c1. The van der Waals surface area contributed by atoms with E-state index in [4.69, 9.17) is 0 Å². The lowest BCUT2D eigenvalue weighted by Crippen LogP contribution is -1.90. The maximum absolute atomic E-state index is 12.7. The van der Waals surface area contributed by atoms with Crippen LogP contribution in [0.25, 0.3) is 0 Å². The van der Waals surface area contributed by atoms with Gasteiger partial charge in [-0.05, 0) is 24.6 Å². The summed E-state index contributed by atoms with van der Waals surface area (Å²) in [5.41, 5.74) is 1.67. The molecule has 1 rings (SSSR count). The minimum absolute atomic E-state index is 0.719. The third-order valence-electron chi connectivity index (χ3n) is 1.63. The van der Waals surface area contributed by atoms with Crippen LogP contribution >= 0.6 is 0 Å². The van der Waals surface area contributed by atoms with E-state index in [2.05, 4.69) is 5.32 Å². The van der Waals surface area contributed by atoms with Gasteiger partial charge in [-0.25, -0.2) is 4.39 Å². The Bertz CT molecular complexity index is 233. The summed E-state index contributed by atoms with van der Waals surface area (Å²) in [5.74, 6) is 0. The van der Waals surface area contributed by atoms with Crippen molar-refractivity contribution < 1.29 is 4.39 Å². The molecule has 0 saturated heterocycles. The Morgan fingerprint density at radius 3 is 2.73 bits per heavy atom. The van der Waals surface area contributed by atoms with Crippen molar-refractivity contribution in [3.8, 4) is 0 Å². The van der Waals surface area contributed by atoms with Crippen LogP contribution in [0, 0.1) is 0 Å². The van der Waals surface area contributed by atoms with Crippen LogP contribution in [-0.2, 0) is 0 Å². The van der Waals surface area contributed by atoms with Gasteiger partial charge in [0.05, 0.1) is 0 Å². The normalized spacial score (nSPS) is 12.6. The van der Waals surface area contributed by atoms with Crippen LogP contribution in [0.15, 0.2) is 24.3 Å². The molecule has 1 N–H and O–H groups in total. The molecule has 1 aromatic rings. The summed E-state index contributed by atoms with van der Waals surface area (Å²) in [6.45, 7) is 1.54. The van der Waals surface area contributed by atoms with Crippen LogP contribution in [0.5, 0.6) is 0 Å². The van der Waals surface area contributed by atoms with Crippen molar-refractivity contribution in [1.82, 2.24) is 0 Å². The first-order chi connectivity index (χ1) is 5.24. The lowest BCUT2D eigenvalue weighted by Gasteiger charge is -2.04. The summed E-state index contributed by atoms with van der Waals surface area (Å²) in [4.78, 5) is 0. The van der Waals surface area contributed by atoms with Crippen LogP contribution in [0.4, 0.5) is 10.1 Å². The Morgan fingerprint density at radius 1 is 1.45 bits per heavy atom. The van der Waals surface area contributed by atoms with Crippen LogP contribution in [0.3, 0.4) is 0 Å². The van der Waals surface area contributed by atoms with Gasteiger partial charge in [-0.15, -0.1) is 0 Å². The summed E-state index contributed by atoms with van der Waals surface area (Å²) in [5, 5.41) is 2.96. The maximum Gasteiger partial charge on any atom is 0.122 e. The van der Waals surface area contributed by atoms with E-state index in [-0.39, 0.29) is 0 Å². The number of hydrogen-bond donors (Lipinski definition) is 1. The van der Waals surface area contributed by atoms with Crippen LogP contribution in [-0.4, -0.2) is 7.05 Å². The molecule has 1 nitrogen and oxygen atoms in total. The monoisotopic (exact) mass is 153 g/mol. The summed E-state index contributed by atoms with van der Waals surface area (Å²) in [6.07, 6.45) is -0.886. The second-order valence-corrected chi connectivity index (χ2v) is 2.49. The highest BCUT2D eigenvalue weighted by atomic mass is 19.1. The fourth-order valence-electron chi connectivity index (χ4n) is 0.942. The molecule has 11 heavy (non-hydrogen) atoms. The summed E-state index contributed by atoms with van der Waals surface area (Å²) in [7, 11) is 1.82. The van der Waals surface area contributed by atoms with E-state index in [1.54, 1.807) is 6.07 Å². The molecule has 0 saturated carbocycles. The van der Waals surface area contributed by atoms with E-state index in [1.807, 2.05) is 25.2 Å². The number of nitrogens with one attached hydrogen (secondary N) is 1. The topological polar surface area (TPSA) is 12.0 Å². The number of halogens is 1. The first-order valence-electron chi connectivity index (χ1n) is 3.66. The zero-order chi connectivity index (χ0) is 8.27. The minimum Gasteiger partial charge on any atom is -0.388 e. The number of anilines is 1. The summed E-state index contributed by atoms with van der Waals surface area (Å²) < 4.78 is 12.7. The van der Waals surface area contributed by atoms with Crippen molar-refractivity contribution in [3.05, 3.63) is 29.8 Å². The average Bonchev–Trinajstić information content (AvgIpc) is 2.05.